The molecule has 1 heterocycles. The fraction of sp³-hybridized carbons (Fsp3) is 0.588. The van der Waals surface area contributed by atoms with E-state index < -0.39 is 11.6 Å². The molecule has 0 spiro atoms. The molecule has 0 aliphatic heterocycles. The molecule has 0 N–H and O–H groups in total. The summed E-state index contributed by atoms with van der Waals surface area (Å²) in [5, 5.41) is 0. The van der Waals surface area contributed by atoms with Gasteiger partial charge in [0.25, 0.3) is 5.56 Å². The number of hydrogen-bond donors (Lipinski definition) is 0. The summed E-state index contributed by atoms with van der Waals surface area (Å²) >= 11 is 3.28. The monoisotopic (exact) mass is 415 g/mol. The number of amides is 1. The Hall–Kier alpha value is -1.67. The summed E-state index contributed by atoms with van der Waals surface area (Å²) in [6.45, 7) is 6.02. The Bertz CT molecular complexity index is 665. The van der Waals surface area contributed by atoms with Crippen LogP contribution in [0.4, 0.5) is 0 Å². The minimum atomic E-state index is -0.616. The van der Waals surface area contributed by atoms with Gasteiger partial charge in [0.1, 0.15) is 18.7 Å². The summed E-state index contributed by atoms with van der Waals surface area (Å²) in [6.07, 6.45) is 1.55. The van der Waals surface area contributed by atoms with Crippen molar-refractivity contribution in [2.24, 2.45) is 0 Å². The first-order chi connectivity index (χ1) is 11.5. The number of carbonyl (C=O) groups excluding carboxylic acids is 2. The molecule has 0 unspecified atom stereocenters. The molecular formula is C17H26BrN3O4. The molecule has 0 aromatic carbocycles. The SMILES string of the molecule is CN(C)CCN(CC(=O)OC(C)(C)C)C(=O)Cn1cc(Br)ccc1=O. The number of rotatable bonds is 7. The van der Waals surface area contributed by atoms with E-state index in [0.29, 0.717) is 17.6 Å². The first-order valence-electron chi connectivity index (χ1n) is 7.98. The molecule has 0 saturated heterocycles. The number of pyridine rings is 1. The number of esters is 1. The van der Waals surface area contributed by atoms with Gasteiger partial charge >= 0.3 is 5.97 Å². The fourth-order valence-corrected chi connectivity index (χ4v) is 2.39. The van der Waals surface area contributed by atoms with Crippen LogP contribution in [-0.2, 0) is 20.9 Å². The van der Waals surface area contributed by atoms with Gasteiger partial charge < -0.3 is 19.1 Å². The molecule has 140 valence electrons. The maximum atomic E-state index is 12.6. The third-order valence-corrected chi connectivity index (χ3v) is 3.63. The van der Waals surface area contributed by atoms with Crippen LogP contribution in [0.5, 0.6) is 0 Å². The topological polar surface area (TPSA) is 71.8 Å². The number of likely N-dealkylation sites (N-methyl/N-ethyl adjacent to an activating group) is 1. The molecule has 8 heteroatoms. The second-order valence-electron chi connectivity index (χ2n) is 7.02. The second kappa shape index (κ2) is 9.15. The van der Waals surface area contributed by atoms with Crippen LogP contribution in [0, 0.1) is 0 Å². The standard InChI is InChI=1S/C17H26BrN3O4/c1-17(2,3)25-16(24)12-20(9-8-19(4)5)15(23)11-21-10-13(18)6-7-14(21)22/h6-7,10H,8-9,11-12H2,1-5H3. The highest BCUT2D eigenvalue weighted by Gasteiger charge is 2.22. The summed E-state index contributed by atoms with van der Waals surface area (Å²) in [4.78, 5) is 39.9. The quantitative estimate of drug-likeness (QED) is 0.628. The van der Waals surface area contributed by atoms with E-state index in [1.807, 2.05) is 19.0 Å². The Morgan fingerprint density at radius 2 is 1.84 bits per heavy atom. The van der Waals surface area contributed by atoms with Gasteiger partial charge in [0.2, 0.25) is 5.91 Å². The molecule has 1 aromatic heterocycles. The van der Waals surface area contributed by atoms with Gasteiger partial charge in [-0.05, 0) is 56.9 Å². The van der Waals surface area contributed by atoms with Gasteiger partial charge in [-0.3, -0.25) is 14.4 Å². The van der Waals surface area contributed by atoms with Crippen LogP contribution in [0.2, 0.25) is 0 Å². The average molecular weight is 416 g/mol. The Balaban J connectivity index is 2.86. The zero-order valence-electron chi connectivity index (χ0n) is 15.4. The largest absolute Gasteiger partial charge is 0.459 e. The average Bonchev–Trinajstić information content (AvgIpc) is 2.45. The molecule has 0 aliphatic carbocycles. The van der Waals surface area contributed by atoms with Crippen LogP contribution in [0.3, 0.4) is 0 Å². The molecule has 0 fully saturated rings. The zero-order valence-corrected chi connectivity index (χ0v) is 17.0. The molecule has 25 heavy (non-hydrogen) atoms. The molecule has 0 atom stereocenters. The van der Waals surface area contributed by atoms with Crippen LogP contribution in [0.1, 0.15) is 20.8 Å². The lowest BCUT2D eigenvalue weighted by Gasteiger charge is -2.26. The Labute approximate surface area is 156 Å². The minimum Gasteiger partial charge on any atom is -0.459 e. The van der Waals surface area contributed by atoms with Crippen LogP contribution in [-0.4, -0.2) is 65.6 Å². The summed E-state index contributed by atoms with van der Waals surface area (Å²) < 4.78 is 7.31. The van der Waals surface area contributed by atoms with E-state index in [2.05, 4.69) is 15.9 Å². The van der Waals surface area contributed by atoms with E-state index in [0.717, 1.165) is 0 Å². The minimum absolute atomic E-state index is 0.130. The van der Waals surface area contributed by atoms with Crippen molar-refractivity contribution in [3.05, 3.63) is 33.2 Å². The van der Waals surface area contributed by atoms with E-state index in [4.69, 9.17) is 4.74 Å². The van der Waals surface area contributed by atoms with Crippen molar-refractivity contribution < 1.29 is 14.3 Å². The van der Waals surface area contributed by atoms with Crippen LogP contribution in [0.25, 0.3) is 0 Å². The maximum Gasteiger partial charge on any atom is 0.326 e. The van der Waals surface area contributed by atoms with Crippen LogP contribution < -0.4 is 5.56 Å². The van der Waals surface area contributed by atoms with Gasteiger partial charge in [-0.15, -0.1) is 0 Å². The predicted molar refractivity (Wildman–Crippen MR) is 99.4 cm³/mol. The number of halogens is 1. The van der Waals surface area contributed by atoms with Gasteiger partial charge in [0.15, 0.2) is 0 Å². The van der Waals surface area contributed by atoms with E-state index >= 15 is 0 Å². The highest BCUT2D eigenvalue weighted by Crippen LogP contribution is 2.08. The molecule has 0 saturated carbocycles. The molecule has 0 radical (unpaired) electrons. The van der Waals surface area contributed by atoms with E-state index in [9.17, 15) is 14.4 Å². The third-order valence-electron chi connectivity index (χ3n) is 3.16. The van der Waals surface area contributed by atoms with Crippen molar-refractivity contribution in [2.45, 2.75) is 32.9 Å². The lowest BCUT2D eigenvalue weighted by molar-refractivity contribution is -0.159. The van der Waals surface area contributed by atoms with E-state index in [1.165, 1.54) is 15.5 Å². The number of hydrogen-bond acceptors (Lipinski definition) is 5. The molecule has 0 aliphatic rings. The van der Waals surface area contributed by atoms with Gasteiger partial charge in [-0.25, -0.2) is 0 Å². The van der Waals surface area contributed by atoms with E-state index in [-0.39, 0.29) is 24.6 Å². The first-order valence-corrected chi connectivity index (χ1v) is 8.77. The lowest BCUT2D eigenvalue weighted by atomic mass is 10.2. The number of aromatic nitrogens is 1. The van der Waals surface area contributed by atoms with E-state index in [1.54, 1.807) is 33.0 Å². The second-order valence-corrected chi connectivity index (χ2v) is 7.93. The molecular weight excluding hydrogens is 390 g/mol. The normalized spacial score (nSPS) is 11.5. The summed E-state index contributed by atoms with van der Waals surface area (Å²) in [6, 6.07) is 3.00. The number of nitrogens with zero attached hydrogens (tertiary/aromatic N) is 3. The Morgan fingerprint density at radius 1 is 1.20 bits per heavy atom. The smallest absolute Gasteiger partial charge is 0.326 e. The van der Waals surface area contributed by atoms with Crippen LogP contribution >= 0.6 is 15.9 Å². The molecule has 7 nitrogen and oxygen atoms in total. The highest BCUT2D eigenvalue weighted by molar-refractivity contribution is 9.10. The van der Waals surface area contributed by atoms with Gasteiger partial charge in [0.05, 0.1) is 0 Å². The van der Waals surface area contributed by atoms with Crippen molar-refractivity contribution in [1.29, 1.82) is 0 Å². The Kier molecular flexibility index (Phi) is 7.82. The highest BCUT2D eigenvalue weighted by atomic mass is 79.9. The van der Waals surface area contributed by atoms with Crippen molar-refractivity contribution in [3.8, 4) is 0 Å². The lowest BCUT2D eigenvalue weighted by Crippen LogP contribution is -2.44. The van der Waals surface area contributed by atoms with Gasteiger partial charge in [-0.1, -0.05) is 0 Å². The predicted octanol–water partition coefficient (Wildman–Crippen LogP) is 1.34. The van der Waals surface area contributed by atoms with Crippen molar-refractivity contribution >= 4 is 27.8 Å². The molecule has 1 aromatic rings. The van der Waals surface area contributed by atoms with Crippen molar-refractivity contribution in [2.75, 3.05) is 33.7 Å². The summed E-state index contributed by atoms with van der Waals surface area (Å²) in [5.41, 5.74) is -0.893. The summed E-state index contributed by atoms with van der Waals surface area (Å²) in [5.74, 6) is -0.783. The number of carbonyl (C=O) groups is 2. The summed E-state index contributed by atoms with van der Waals surface area (Å²) in [7, 11) is 3.77. The van der Waals surface area contributed by atoms with Gasteiger partial charge in [0, 0.05) is 29.8 Å². The molecule has 1 rings (SSSR count). The molecule has 0 bridgehead atoms. The maximum absolute atomic E-state index is 12.6. The number of ether oxygens (including phenoxy) is 1. The first kappa shape index (κ1) is 21.4. The Morgan fingerprint density at radius 3 is 2.40 bits per heavy atom. The third kappa shape index (κ3) is 8.31. The fourth-order valence-electron chi connectivity index (χ4n) is 2.01. The van der Waals surface area contributed by atoms with Crippen LogP contribution in [0.15, 0.2) is 27.6 Å². The van der Waals surface area contributed by atoms with Gasteiger partial charge in [-0.2, -0.15) is 0 Å². The zero-order chi connectivity index (χ0) is 19.2. The molecule has 1 amide bonds. The van der Waals surface area contributed by atoms with Crippen molar-refractivity contribution in [3.63, 3.8) is 0 Å². The van der Waals surface area contributed by atoms with Crippen molar-refractivity contribution in [1.82, 2.24) is 14.4 Å².